The number of carbonyl (C=O) groups excluding carboxylic acids is 1. The summed E-state index contributed by atoms with van der Waals surface area (Å²) in [5, 5.41) is 15.0. The van der Waals surface area contributed by atoms with Crippen molar-refractivity contribution in [2.75, 3.05) is 24.5 Å². The molecule has 1 aliphatic heterocycles. The number of piperidine rings is 1. The first kappa shape index (κ1) is 17.7. The van der Waals surface area contributed by atoms with E-state index < -0.39 is 0 Å². The first-order valence-electron chi connectivity index (χ1n) is 8.78. The summed E-state index contributed by atoms with van der Waals surface area (Å²) in [6, 6.07) is 11.8. The highest BCUT2D eigenvalue weighted by molar-refractivity contribution is 5.73. The van der Waals surface area contributed by atoms with E-state index in [-0.39, 0.29) is 6.03 Å². The van der Waals surface area contributed by atoms with Crippen molar-refractivity contribution >= 4 is 11.8 Å². The molecule has 0 bridgehead atoms. The number of aromatic nitrogens is 2. The lowest BCUT2D eigenvalue weighted by molar-refractivity contribution is 0.237. The van der Waals surface area contributed by atoms with Gasteiger partial charge < -0.3 is 15.5 Å². The van der Waals surface area contributed by atoms with Crippen molar-refractivity contribution in [3.8, 4) is 6.07 Å². The molecule has 7 nitrogen and oxygen atoms in total. The average Bonchev–Trinajstić information content (AvgIpc) is 2.72. The third-order valence-corrected chi connectivity index (χ3v) is 4.55. The average molecular weight is 350 g/mol. The highest BCUT2D eigenvalue weighted by Gasteiger charge is 2.22. The molecule has 2 aromatic rings. The minimum absolute atomic E-state index is 0.142. The van der Waals surface area contributed by atoms with Gasteiger partial charge in [0.2, 0.25) is 0 Å². The fourth-order valence-corrected chi connectivity index (χ4v) is 3.07. The third kappa shape index (κ3) is 4.70. The minimum atomic E-state index is -0.142. The van der Waals surface area contributed by atoms with Gasteiger partial charge in [-0.25, -0.2) is 14.8 Å². The number of nitrogens with one attached hydrogen (secondary N) is 2. The monoisotopic (exact) mass is 350 g/mol. The van der Waals surface area contributed by atoms with Crippen LogP contribution in [0.3, 0.4) is 0 Å². The Morgan fingerprint density at radius 3 is 2.62 bits per heavy atom. The van der Waals surface area contributed by atoms with Gasteiger partial charge in [0.15, 0.2) is 11.5 Å². The Hall–Kier alpha value is -3.14. The first-order chi connectivity index (χ1) is 12.8. The van der Waals surface area contributed by atoms with E-state index >= 15 is 0 Å². The van der Waals surface area contributed by atoms with Crippen molar-refractivity contribution in [2.24, 2.45) is 5.92 Å². The Bertz CT molecular complexity index is 765. The molecule has 1 fully saturated rings. The Morgan fingerprint density at radius 1 is 1.15 bits per heavy atom. The number of urea groups is 1. The predicted molar refractivity (Wildman–Crippen MR) is 98.4 cm³/mol. The molecule has 2 amide bonds. The zero-order valence-corrected chi connectivity index (χ0v) is 14.6. The van der Waals surface area contributed by atoms with Gasteiger partial charge in [0.25, 0.3) is 0 Å². The maximum atomic E-state index is 11.9. The molecule has 0 unspecified atom stereocenters. The molecule has 1 saturated heterocycles. The van der Waals surface area contributed by atoms with E-state index in [9.17, 15) is 4.79 Å². The van der Waals surface area contributed by atoms with Crippen LogP contribution in [-0.4, -0.2) is 35.6 Å². The van der Waals surface area contributed by atoms with Crippen molar-refractivity contribution in [1.29, 1.82) is 5.26 Å². The molecular formula is C19H22N6O. The molecule has 0 aliphatic carbocycles. The number of anilines is 1. The molecule has 2 N–H and O–H groups in total. The number of nitriles is 1. The number of carbonyl (C=O) groups is 1. The van der Waals surface area contributed by atoms with Crippen LogP contribution in [0.1, 0.15) is 24.1 Å². The Morgan fingerprint density at radius 2 is 1.88 bits per heavy atom. The van der Waals surface area contributed by atoms with Gasteiger partial charge in [0.1, 0.15) is 6.07 Å². The molecule has 26 heavy (non-hydrogen) atoms. The van der Waals surface area contributed by atoms with E-state index in [0.717, 1.165) is 31.5 Å². The van der Waals surface area contributed by atoms with Gasteiger partial charge in [-0.15, -0.1) is 0 Å². The van der Waals surface area contributed by atoms with E-state index in [0.29, 0.717) is 30.5 Å². The van der Waals surface area contributed by atoms with Gasteiger partial charge in [-0.1, -0.05) is 30.3 Å². The zero-order valence-electron chi connectivity index (χ0n) is 14.6. The largest absolute Gasteiger partial charge is 0.354 e. The SMILES string of the molecule is N#Cc1nccnc1N1CCC(CNC(=O)NCc2ccccc2)CC1. The van der Waals surface area contributed by atoms with Crippen LogP contribution in [0, 0.1) is 17.2 Å². The van der Waals surface area contributed by atoms with Gasteiger partial charge in [-0.2, -0.15) is 5.26 Å². The van der Waals surface area contributed by atoms with E-state index in [1.807, 2.05) is 30.3 Å². The highest BCUT2D eigenvalue weighted by Crippen LogP contribution is 2.22. The van der Waals surface area contributed by atoms with Crippen LogP contribution in [-0.2, 0) is 6.54 Å². The van der Waals surface area contributed by atoms with Crippen molar-refractivity contribution in [1.82, 2.24) is 20.6 Å². The zero-order chi connectivity index (χ0) is 18.2. The van der Waals surface area contributed by atoms with Gasteiger partial charge in [-0.3, -0.25) is 0 Å². The second-order valence-corrected chi connectivity index (χ2v) is 6.32. The standard InChI is InChI=1S/C19H22N6O/c20-12-17-18(22-9-8-21-17)25-10-6-16(7-11-25)14-24-19(26)23-13-15-4-2-1-3-5-15/h1-5,8-9,16H,6-7,10-11,13-14H2,(H2,23,24,26). The maximum Gasteiger partial charge on any atom is 0.315 e. The van der Waals surface area contributed by atoms with Crippen LogP contribution in [0.2, 0.25) is 0 Å². The number of hydrogen-bond acceptors (Lipinski definition) is 5. The number of hydrogen-bond donors (Lipinski definition) is 2. The molecule has 0 spiro atoms. The summed E-state index contributed by atoms with van der Waals surface area (Å²) in [6.07, 6.45) is 5.04. The molecule has 134 valence electrons. The molecular weight excluding hydrogens is 328 g/mol. The Balaban J connectivity index is 1.40. The Labute approximate surface area is 153 Å². The van der Waals surface area contributed by atoms with E-state index in [1.54, 1.807) is 6.20 Å². The quantitative estimate of drug-likeness (QED) is 0.861. The fourth-order valence-electron chi connectivity index (χ4n) is 3.07. The van der Waals surface area contributed by atoms with E-state index in [1.165, 1.54) is 6.20 Å². The van der Waals surface area contributed by atoms with Crippen LogP contribution in [0.4, 0.5) is 10.6 Å². The molecule has 3 rings (SSSR count). The summed E-state index contributed by atoms with van der Waals surface area (Å²) in [5.74, 6) is 1.08. The summed E-state index contributed by atoms with van der Waals surface area (Å²) < 4.78 is 0. The smallest absolute Gasteiger partial charge is 0.315 e. The molecule has 1 aromatic heterocycles. The molecule has 1 aromatic carbocycles. The maximum absolute atomic E-state index is 11.9. The number of rotatable bonds is 5. The summed E-state index contributed by atoms with van der Waals surface area (Å²) in [5.41, 5.74) is 1.44. The number of nitrogens with zero attached hydrogens (tertiary/aromatic N) is 4. The molecule has 0 atom stereocenters. The van der Waals surface area contributed by atoms with Gasteiger partial charge in [0, 0.05) is 38.6 Å². The van der Waals surface area contributed by atoms with Gasteiger partial charge >= 0.3 is 6.03 Å². The van der Waals surface area contributed by atoms with Crippen LogP contribution < -0.4 is 15.5 Å². The summed E-state index contributed by atoms with van der Waals surface area (Å²) >= 11 is 0. The highest BCUT2D eigenvalue weighted by atomic mass is 16.2. The molecule has 7 heteroatoms. The topological polar surface area (TPSA) is 93.9 Å². The fraction of sp³-hybridized carbons (Fsp3) is 0.368. The summed E-state index contributed by atoms with van der Waals surface area (Å²) in [6.45, 7) is 2.80. The third-order valence-electron chi connectivity index (χ3n) is 4.55. The van der Waals surface area contributed by atoms with Crippen molar-refractivity contribution in [2.45, 2.75) is 19.4 Å². The predicted octanol–water partition coefficient (Wildman–Crippen LogP) is 2.06. The number of benzene rings is 1. The summed E-state index contributed by atoms with van der Waals surface area (Å²) in [7, 11) is 0. The van der Waals surface area contributed by atoms with Crippen LogP contribution in [0.15, 0.2) is 42.7 Å². The molecule has 0 radical (unpaired) electrons. The Kier molecular flexibility index (Phi) is 5.99. The number of amides is 2. The van der Waals surface area contributed by atoms with Crippen LogP contribution in [0.25, 0.3) is 0 Å². The van der Waals surface area contributed by atoms with Crippen molar-refractivity contribution < 1.29 is 4.79 Å². The van der Waals surface area contributed by atoms with Crippen molar-refractivity contribution in [3.63, 3.8) is 0 Å². The van der Waals surface area contributed by atoms with Crippen LogP contribution >= 0.6 is 0 Å². The van der Waals surface area contributed by atoms with Gasteiger partial charge in [0.05, 0.1) is 0 Å². The second-order valence-electron chi connectivity index (χ2n) is 6.32. The van der Waals surface area contributed by atoms with Crippen LogP contribution in [0.5, 0.6) is 0 Å². The summed E-state index contributed by atoms with van der Waals surface area (Å²) in [4.78, 5) is 22.4. The van der Waals surface area contributed by atoms with E-state index in [4.69, 9.17) is 5.26 Å². The second kappa shape index (κ2) is 8.81. The van der Waals surface area contributed by atoms with Crippen molar-refractivity contribution in [3.05, 3.63) is 54.0 Å². The minimum Gasteiger partial charge on any atom is -0.354 e. The molecule has 2 heterocycles. The lowest BCUT2D eigenvalue weighted by Gasteiger charge is -2.32. The molecule has 1 aliphatic rings. The first-order valence-corrected chi connectivity index (χ1v) is 8.78. The molecule has 0 saturated carbocycles. The lowest BCUT2D eigenvalue weighted by Crippen LogP contribution is -2.42. The van der Waals surface area contributed by atoms with E-state index in [2.05, 4.69) is 31.6 Å². The van der Waals surface area contributed by atoms with Gasteiger partial charge in [-0.05, 0) is 24.3 Å². The normalized spacial score (nSPS) is 14.5. The lowest BCUT2D eigenvalue weighted by atomic mass is 9.97.